The first kappa shape index (κ1) is 17.2. The summed E-state index contributed by atoms with van der Waals surface area (Å²) in [6.45, 7) is 5.31. The summed E-state index contributed by atoms with van der Waals surface area (Å²) in [5.41, 5.74) is 4.66. The first-order valence-corrected chi connectivity index (χ1v) is 7.05. The van der Waals surface area contributed by atoms with E-state index in [9.17, 15) is 18.0 Å². The lowest BCUT2D eigenvalue weighted by molar-refractivity contribution is -0.137. The first-order chi connectivity index (χ1) is 9.12. The molecule has 6 heteroatoms. The smallest absolute Gasteiger partial charge is 0.328 e. The quantitative estimate of drug-likeness (QED) is 0.591. The van der Waals surface area contributed by atoms with Gasteiger partial charge in [0.2, 0.25) is 0 Å². The van der Waals surface area contributed by atoms with Crippen molar-refractivity contribution >= 4 is 32.0 Å². The highest BCUT2D eigenvalue weighted by molar-refractivity contribution is 14.1. The highest BCUT2D eigenvalue weighted by Crippen LogP contribution is 2.35. The topological polar surface area (TPSA) is 43.1 Å². The van der Waals surface area contributed by atoms with Gasteiger partial charge in [-0.15, -0.1) is 0 Å². The van der Waals surface area contributed by atoms with Gasteiger partial charge >= 0.3 is 6.18 Å². The second kappa shape index (κ2) is 6.71. The van der Waals surface area contributed by atoms with Gasteiger partial charge in [0.05, 0.1) is 5.56 Å². The van der Waals surface area contributed by atoms with E-state index in [2.05, 4.69) is 6.58 Å². The van der Waals surface area contributed by atoms with Crippen molar-refractivity contribution in [2.24, 2.45) is 5.73 Å². The maximum absolute atomic E-state index is 13.0. The summed E-state index contributed by atoms with van der Waals surface area (Å²) >= 11 is 1.84. The molecule has 0 fully saturated rings. The molecule has 0 amide bonds. The third kappa shape index (κ3) is 4.59. The summed E-state index contributed by atoms with van der Waals surface area (Å²) in [5, 5.41) is 0. The van der Waals surface area contributed by atoms with E-state index >= 15 is 0 Å². The number of hydrogen-bond donors (Lipinski definition) is 1. The number of rotatable bonds is 5. The van der Waals surface area contributed by atoms with Crippen LogP contribution in [0.25, 0.3) is 3.58 Å². The Morgan fingerprint density at radius 3 is 2.50 bits per heavy atom. The Morgan fingerprint density at radius 2 is 2.05 bits per heavy atom. The Labute approximate surface area is 129 Å². The van der Waals surface area contributed by atoms with Crippen molar-refractivity contribution in [3.05, 3.63) is 41.5 Å². The summed E-state index contributed by atoms with van der Waals surface area (Å²) < 4.78 is 39.6. The van der Waals surface area contributed by atoms with Gasteiger partial charge in [0, 0.05) is 21.6 Å². The molecule has 0 heterocycles. The fraction of sp³-hybridized carbons (Fsp3) is 0.357. The van der Waals surface area contributed by atoms with Crippen molar-refractivity contribution in [2.45, 2.75) is 32.0 Å². The Morgan fingerprint density at radius 1 is 1.45 bits per heavy atom. The van der Waals surface area contributed by atoms with Crippen molar-refractivity contribution in [1.82, 2.24) is 0 Å². The minimum Gasteiger partial charge on any atom is -0.328 e. The molecule has 0 aromatic heterocycles. The first-order valence-electron chi connectivity index (χ1n) is 5.97. The van der Waals surface area contributed by atoms with Crippen LogP contribution >= 0.6 is 22.6 Å². The van der Waals surface area contributed by atoms with E-state index in [1.165, 1.54) is 12.1 Å². The molecule has 2 N–H and O–H groups in total. The van der Waals surface area contributed by atoms with Gasteiger partial charge in [-0.2, -0.15) is 13.2 Å². The molecule has 0 bridgehead atoms. The minimum atomic E-state index is -4.57. The molecule has 0 aliphatic rings. The van der Waals surface area contributed by atoms with E-state index in [4.69, 9.17) is 5.73 Å². The lowest BCUT2D eigenvalue weighted by Crippen LogP contribution is -2.18. The van der Waals surface area contributed by atoms with Crippen LogP contribution in [-0.4, -0.2) is 11.8 Å². The summed E-state index contributed by atoms with van der Waals surface area (Å²) in [6, 6.07) is 3.43. The van der Waals surface area contributed by atoms with Gasteiger partial charge in [-0.3, -0.25) is 4.79 Å². The van der Waals surface area contributed by atoms with Crippen LogP contribution in [0.2, 0.25) is 0 Å². The molecule has 0 radical (unpaired) electrons. The molecule has 0 aliphatic heterocycles. The Hall–Kier alpha value is -0.890. The number of ketones is 1. The molecule has 1 rings (SSSR count). The number of hydrogen-bond acceptors (Lipinski definition) is 2. The van der Waals surface area contributed by atoms with Crippen molar-refractivity contribution in [3.8, 4) is 0 Å². The number of nitrogens with two attached hydrogens (primary N) is 1. The summed E-state index contributed by atoms with van der Waals surface area (Å²) in [7, 11) is 0. The van der Waals surface area contributed by atoms with Gasteiger partial charge in [0.15, 0.2) is 5.78 Å². The minimum absolute atomic E-state index is 0.00523. The molecule has 0 saturated heterocycles. The van der Waals surface area contributed by atoms with Crippen LogP contribution in [0.1, 0.15) is 41.3 Å². The van der Waals surface area contributed by atoms with Crippen molar-refractivity contribution in [1.29, 1.82) is 0 Å². The summed E-state index contributed by atoms with van der Waals surface area (Å²) in [4.78, 5) is 11.9. The normalized spacial score (nSPS) is 13.1. The predicted molar refractivity (Wildman–Crippen MR) is 81.7 cm³/mol. The molecule has 0 saturated carbocycles. The molecular weight excluding hydrogens is 382 g/mol. The predicted octanol–water partition coefficient (Wildman–Crippen LogP) is 4.42. The zero-order valence-electron chi connectivity index (χ0n) is 10.9. The third-order valence-corrected chi connectivity index (χ3v) is 3.39. The number of carbonyl (C=O) groups is 1. The third-order valence-electron chi connectivity index (χ3n) is 2.77. The lowest BCUT2D eigenvalue weighted by atomic mass is 9.97. The van der Waals surface area contributed by atoms with E-state index in [0.717, 1.165) is 6.07 Å². The van der Waals surface area contributed by atoms with E-state index < -0.39 is 17.5 Å². The standard InChI is InChI=1S/C14H15F3INO/c1-8(19)3-6-13(20)11-5-4-10(9(2)18)7-12(11)14(15,16)17/h4-5,7-8H,2-3,6,19H2,1H3. The maximum Gasteiger partial charge on any atom is 0.417 e. The largest absolute Gasteiger partial charge is 0.417 e. The van der Waals surface area contributed by atoms with Crippen LogP contribution in [0, 0.1) is 0 Å². The fourth-order valence-corrected chi connectivity index (χ4v) is 2.02. The van der Waals surface area contributed by atoms with E-state index in [1.54, 1.807) is 6.92 Å². The summed E-state index contributed by atoms with van der Waals surface area (Å²) in [6.07, 6.45) is -4.20. The number of benzene rings is 1. The van der Waals surface area contributed by atoms with Gasteiger partial charge in [0.1, 0.15) is 0 Å². The molecule has 20 heavy (non-hydrogen) atoms. The van der Waals surface area contributed by atoms with E-state index in [-0.39, 0.29) is 18.0 Å². The van der Waals surface area contributed by atoms with Crippen molar-refractivity contribution in [3.63, 3.8) is 0 Å². The van der Waals surface area contributed by atoms with Crippen LogP contribution in [0.3, 0.4) is 0 Å². The van der Waals surface area contributed by atoms with Gasteiger partial charge in [-0.1, -0.05) is 18.7 Å². The monoisotopic (exact) mass is 397 g/mol. The van der Waals surface area contributed by atoms with Crippen LogP contribution in [-0.2, 0) is 6.18 Å². The molecular formula is C14H15F3INO. The molecule has 1 aromatic carbocycles. The van der Waals surface area contributed by atoms with Crippen molar-refractivity contribution < 1.29 is 18.0 Å². The summed E-state index contributed by atoms with van der Waals surface area (Å²) in [5.74, 6) is -0.541. The molecule has 0 aliphatic carbocycles. The van der Waals surface area contributed by atoms with Crippen molar-refractivity contribution in [2.75, 3.05) is 0 Å². The van der Waals surface area contributed by atoms with Gasteiger partial charge < -0.3 is 5.73 Å². The Bertz CT molecular complexity index is 524. The molecule has 110 valence electrons. The second-order valence-electron chi connectivity index (χ2n) is 4.60. The molecule has 1 unspecified atom stereocenters. The zero-order chi connectivity index (χ0) is 15.5. The average Bonchev–Trinajstić information content (AvgIpc) is 2.34. The number of Topliss-reactive ketones (excluding diaryl/α,β-unsaturated/α-hetero) is 1. The fourth-order valence-electron chi connectivity index (χ4n) is 1.68. The van der Waals surface area contributed by atoms with E-state index in [1.807, 2.05) is 22.6 Å². The highest BCUT2D eigenvalue weighted by atomic mass is 127. The maximum atomic E-state index is 13.0. The number of alkyl halides is 3. The number of halogens is 4. The van der Waals surface area contributed by atoms with Crippen LogP contribution < -0.4 is 5.73 Å². The molecule has 1 aromatic rings. The highest BCUT2D eigenvalue weighted by Gasteiger charge is 2.35. The number of carbonyl (C=O) groups excluding carboxylic acids is 1. The van der Waals surface area contributed by atoms with Crippen LogP contribution in [0.15, 0.2) is 24.8 Å². The molecule has 0 spiro atoms. The van der Waals surface area contributed by atoms with Gasteiger partial charge in [-0.25, -0.2) is 0 Å². The van der Waals surface area contributed by atoms with Gasteiger partial charge in [-0.05, 0) is 47.6 Å². The van der Waals surface area contributed by atoms with Crippen LogP contribution in [0.4, 0.5) is 13.2 Å². The SMILES string of the molecule is C=C(I)c1ccc(C(=O)CCC(C)N)c(C(F)(F)F)c1. The second-order valence-corrected chi connectivity index (χ2v) is 5.90. The lowest BCUT2D eigenvalue weighted by Gasteiger charge is -2.14. The molecule has 2 nitrogen and oxygen atoms in total. The molecule has 1 atom stereocenters. The average molecular weight is 397 g/mol. The van der Waals surface area contributed by atoms with E-state index in [0.29, 0.717) is 15.6 Å². The van der Waals surface area contributed by atoms with Gasteiger partial charge in [0.25, 0.3) is 0 Å². The van der Waals surface area contributed by atoms with Crippen LogP contribution in [0.5, 0.6) is 0 Å². The Kier molecular flexibility index (Phi) is 5.76. The zero-order valence-corrected chi connectivity index (χ0v) is 13.1. The Balaban J connectivity index is 3.19.